The number of fused-ring (bicyclic) bond motifs is 2. The lowest BCUT2D eigenvalue weighted by molar-refractivity contribution is 0.0605. The minimum Gasteiger partial charge on any atom is -0.389 e. The van der Waals surface area contributed by atoms with Crippen LogP contribution in [0.4, 0.5) is 0 Å². The molecule has 16 heavy (non-hydrogen) atoms. The Morgan fingerprint density at radius 1 is 1.38 bits per heavy atom. The molecule has 2 fully saturated rings. The molecule has 3 nitrogen and oxygen atoms in total. The summed E-state index contributed by atoms with van der Waals surface area (Å²) in [5, 5.41) is 13.0. The lowest BCUT2D eigenvalue weighted by atomic mass is 9.84. The third-order valence-electron chi connectivity index (χ3n) is 4.47. The van der Waals surface area contributed by atoms with Crippen molar-refractivity contribution < 1.29 is 9.84 Å². The smallest absolute Gasteiger partial charge is 0.0897 e. The highest BCUT2D eigenvalue weighted by atomic mass is 16.5. The number of nitrogens with one attached hydrogen (secondary N) is 1. The average molecular weight is 227 g/mol. The molecule has 2 aliphatic carbocycles. The fourth-order valence-corrected chi connectivity index (χ4v) is 3.63. The highest BCUT2D eigenvalue weighted by molar-refractivity contribution is 4.94. The van der Waals surface area contributed by atoms with Crippen LogP contribution in [0, 0.1) is 17.8 Å². The standard InChI is InChI=1S/C13H25NO2/c1-9(14-7-12(15)8-16-2)13-6-10-3-4-11(13)5-10/h9-15H,3-8H2,1-2H3. The van der Waals surface area contributed by atoms with E-state index in [4.69, 9.17) is 4.74 Å². The van der Waals surface area contributed by atoms with Gasteiger partial charge in [0.2, 0.25) is 0 Å². The van der Waals surface area contributed by atoms with E-state index < -0.39 is 0 Å². The van der Waals surface area contributed by atoms with Crippen LogP contribution in [-0.4, -0.2) is 37.5 Å². The van der Waals surface area contributed by atoms with Gasteiger partial charge in [-0.3, -0.25) is 0 Å². The fraction of sp³-hybridized carbons (Fsp3) is 1.00. The Labute approximate surface area is 98.6 Å². The summed E-state index contributed by atoms with van der Waals surface area (Å²) in [6, 6.07) is 0.543. The van der Waals surface area contributed by atoms with Crippen molar-refractivity contribution in [3.8, 4) is 0 Å². The molecule has 2 rings (SSSR count). The van der Waals surface area contributed by atoms with Crippen LogP contribution >= 0.6 is 0 Å². The second-order valence-corrected chi connectivity index (χ2v) is 5.64. The maximum atomic E-state index is 9.59. The summed E-state index contributed by atoms with van der Waals surface area (Å²) < 4.78 is 4.92. The van der Waals surface area contributed by atoms with E-state index in [-0.39, 0.29) is 6.10 Å². The SMILES string of the molecule is COCC(O)CNC(C)C1CC2CCC1C2. The van der Waals surface area contributed by atoms with Crippen LogP contribution in [0.2, 0.25) is 0 Å². The molecule has 2 aliphatic rings. The van der Waals surface area contributed by atoms with Gasteiger partial charge in [0, 0.05) is 19.7 Å². The Hall–Kier alpha value is -0.120. The van der Waals surface area contributed by atoms with Crippen molar-refractivity contribution in [2.45, 2.75) is 44.8 Å². The monoisotopic (exact) mass is 227 g/mol. The van der Waals surface area contributed by atoms with E-state index in [1.807, 2.05) is 0 Å². The molecule has 94 valence electrons. The zero-order chi connectivity index (χ0) is 11.5. The van der Waals surface area contributed by atoms with E-state index in [0.29, 0.717) is 19.2 Å². The molecule has 0 heterocycles. The van der Waals surface area contributed by atoms with Crippen molar-refractivity contribution in [3.63, 3.8) is 0 Å². The normalized spacial score (nSPS) is 36.6. The zero-order valence-corrected chi connectivity index (χ0v) is 10.5. The molecule has 5 atom stereocenters. The molecule has 0 radical (unpaired) electrons. The number of aliphatic hydroxyl groups excluding tert-OH is 1. The van der Waals surface area contributed by atoms with Gasteiger partial charge in [-0.1, -0.05) is 6.42 Å². The van der Waals surface area contributed by atoms with Gasteiger partial charge in [0.05, 0.1) is 12.7 Å². The minimum absolute atomic E-state index is 0.369. The van der Waals surface area contributed by atoms with Gasteiger partial charge < -0.3 is 15.2 Å². The summed E-state index contributed by atoms with van der Waals surface area (Å²) in [5.74, 6) is 2.80. The number of hydrogen-bond acceptors (Lipinski definition) is 3. The molecule has 0 amide bonds. The minimum atomic E-state index is -0.369. The van der Waals surface area contributed by atoms with E-state index in [9.17, 15) is 5.11 Å². The molecule has 0 saturated heterocycles. The lowest BCUT2D eigenvalue weighted by Gasteiger charge is -2.29. The van der Waals surface area contributed by atoms with Crippen LogP contribution in [0.3, 0.4) is 0 Å². The van der Waals surface area contributed by atoms with Gasteiger partial charge in [-0.15, -0.1) is 0 Å². The first-order chi connectivity index (χ1) is 7.70. The van der Waals surface area contributed by atoms with Crippen LogP contribution in [0.1, 0.15) is 32.6 Å². The molecule has 0 aliphatic heterocycles. The van der Waals surface area contributed by atoms with Gasteiger partial charge in [0.15, 0.2) is 0 Å². The summed E-state index contributed by atoms with van der Waals surface area (Å²) in [5.41, 5.74) is 0. The number of rotatable bonds is 6. The van der Waals surface area contributed by atoms with Crippen LogP contribution < -0.4 is 5.32 Å². The van der Waals surface area contributed by atoms with Crippen LogP contribution in [0.15, 0.2) is 0 Å². The predicted molar refractivity (Wildman–Crippen MR) is 64.3 cm³/mol. The molecule has 3 heteroatoms. The number of ether oxygens (including phenoxy) is 1. The highest BCUT2D eigenvalue weighted by Crippen LogP contribution is 2.49. The predicted octanol–water partition coefficient (Wildman–Crippen LogP) is 1.41. The molecule has 2 N–H and O–H groups in total. The van der Waals surface area contributed by atoms with E-state index in [2.05, 4.69) is 12.2 Å². The first-order valence-corrected chi connectivity index (χ1v) is 6.61. The van der Waals surface area contributed by atoms with E-state index >= 15 is 0 Å². The van der Waals surface area contributed by atoms with E-state index in [1.165, 1.54) is 25.7 Å². The molecule has 5 unspecified atom stereocenters. The van der Waals surface area contributed by atoms with Crippen molar-refractivity contribution in [2.75, 3.05) is 20.3 Å². The third kappa shape index (κ3) is 2.76. The summed E-state index contributed by atoms with van der Waals surface area (Å²) in [6.45, 7) is 3.35. The van der Waals surface area contributed by atoms with Crippen molar-refractivity contribution in [1.82, 2.24) is 5.32 Å². The Balaban J connectivity index is 1.70. The van der Waals surface area contributed by atoms with Gasteiger partial charge in [0.25, 0.3) is 0 Å². The van der Waals surface area contributed by atoms with Gasteiger partial charge in [0.1, 0.15) is 0 Å². The second kappa shape index (κ2) is 5.48. The van der Waals surface area contributed by atoms with Crippen LogP contribution in [0.5, 0.6) is 0 Å². The molecule has 0 aromatic carbocycles. The Morgan fingerprint density at radius 2 is 2.19 bits per heavy atom. The first kappa shape index (κ1) is 12.3. The van der Waals surface area contributed by atoms with Crippen LogP contribution in [0.25, 0.3) is 0 Å². The summed E-state index contributed by atoms with van der Waals surface area (Å²) in [6.07, 6.45) is 5.38. The number of aliphatic hydroxyl groups is 1. The average Bonchev–Trinajstić information content (AvgIpc) is 2.88. The van der Waals surface area contributed by atoms with Crippen molar-refractivity contribution in [1.29, 1.82) is 0 Å². The molecule has 2 bridgehead atoms. The third-order valence-corrected chi connectivity index (χ3v) is 4.47. The molecular formula is C13H25NO2. The molecule has 2 saturated carbocycles. The lowest BCUT2D eigenvalue weighted by Crippen LogP contribution is -2.41. The summed E-state index contributed by atoms with van der Waals surface area (Å²) in [4.78, 5) is 0. The maximum Gasteiger partial charge on any atom is 0.0897 e. The number of methoxy groups -OCH3 is 1. The van der Waals surface area contributed by atoms with Gasteiger partial charge in [-0.25, -0.2) is 0 Å². The van der Waals surface area contributed by atoms with Gasteiger partial charge >= 0.3 is 0 Å². The molecule has 0 aromatic rings. The molecule has 0 spiro atoms. The van der Waals surface area contributed by atoms with Crippen molar-refractivity contribution in [2.24, 2.45) is 17.8 Å². The van der Waals surface area contributed by atoms with Gasteiger partial charge in [-0.2, -0.15) is 0 Å². The summed E-state index contributed by atoms with van der Waals surface area (Å²) in [7, 11) is 1.63. The maximum absolute atomic E-state index is 9.59. The highest BCUT2D eigenvalue weighted by Gasteiger charge is 2.41. The van der Waals surface area contributed by atoms with E-state index in [1.54, 1.807) is 7.11 Å². The first-order valence-electron chi connectivity index (χ1n) is 6.61. The molecule has 0 aromatic heterocycles. The quantitative estimate of drug-likeness (QED) is 0.721. The summed E-state index contributed by atoms with van der Waals surface area (Å²) >= 11 is 0. The van der Waals surface area contributed by atoms with Crippen molar-refractivity contribution >= 4 is 0 Å². The Kier molecular flexibility index (Phi) is 4.22. The topological polar surface area (TPSA) is 41.5 Å². The number of hydrogen-bond donors (Lipinski definition) is 2. The molecular weight excluding hydrogens is 202 g/mol. The second-order valence-electron chi connectivity index (χ2n) is 5.64. The van der Waals surface area contributed by atoms with Crippen molar-refractivity contribution in [3.05, 3.63) is 0 Å². The largest absolute Gasteiger partial charge is 0.389 e. The van der Waals surface area contributed by atoms with Crippen LogP contribution in [-0.2, 0) is 4.74 Å². The Morgan fingerprint density at radius 3 is 2.75 bits per heavy atom. The zero-order valence-electron chi connectivity index (χ0n) is 10.5. The van der Waals surface area contributed by atoms with E-state index in [0.717, 1.165) is 17.8 Å². The Bertz CT molecular complexity index is 222. The fourth-order valence-electron chi connectivity index (χ4n) is 3.63. The van der Waals surface area contributed by atoms with Gasteiger partial charge in [-0.05, 0) is 43.9 Å².